The van der Waals surface area contributed by atoms with E-state index in [0.717, 1.165) is 5.56 Å². The van der Waals surface area contributed by atoms with Gasteiger partial charge in [-0.1, -0.05) is 114 Å². The number of benzene rings is 3. The van der Waals surface area contributed by atoms with Gasteiger partial charge in [0.1, 0.15) is 11.9 Å². The van der Waals surface area contributed by atoms with Crippen LogP contribution in [0.15, 0.2) is 84.9 Å². The van der Waals surface area contributed by atoms with Crippen LogP contribution in [0.1, 0.15) is 72.5 Å². The van der Waals surface area contributed by atoms with Gasteiger partial charge in [-0.25, -0.2) is 0 Å². The van der Waals surface area contributed by atoms with E-state index in [9.17, 15) is 23.1 Å². The third-order valence-corrected chi connectivity index (χ3v) is 8.58. The van der Waals surface area contributed by atoms with Crippen molar-refractivity contribution < 1.29 is 27.8 Å². The van der Waals surface area contributed by atoms with Crippen LogP contribution in [-0.2, 0) is 4.79 Å². The molecule has 2 saturated heterocycles. The van der Waals surface area contributed by atoms with Gasteiger partial charge in [0.05, 0.1) is 0 Å². The molecular formula is C39H50F3N5O3. The molecule has 0 saturated carbocycles. The number of alkyl halides is 3. The Hall–Kier alpha value is -4.64. The van der Waals surface area contributed by atoms with Gasteiger partial charge in [0.2, 0.25) is 17.9 Å². The fourth-order valence-corrected chi connectivity index (χ4v) is 6.23. The van der Waals surface area contributed by atoms with Crippen LogP contribution in [0.25, 0.3) is 22.3 Å². The summed E-state index contributed by atoms with van der Waals surface area (Å²) in [6.07, 6.45) is -5.17. The summed E-state index contributed by atoms with van der Waals surface area (Å²) in [7, 11) is 0. The average Bonchev–Trinajstić information content (AvgIpc) is 3.57. The highest BCUT2D eigenvalue weighted by molar-refractivity contribution is 5.75. The number of aliphatic carboxylic acids is 1. The summed E-state index contributed by atoms with van der Waals surface area (Å²) >= 11 is 0. The number of nitrogens with one attached hydrogen (secondary N) is 1. The van der Waals surface area contributed by atoms with Crippen molar-refractivity contribution in [2.75, 3.05) is 30.3 Å². The third-order valence-electron chi connectivity index (χ3n) is 8.58. The summed E-state index contributed by atoms with van der Waals surface area (Å²) in [5.74, 6) is -0.981. The number of halogens is 3. The number of aromatic nitrogens is 2. The van der Waals surface area contributed by atoms with Gasteiger partial charge in [-0.2, -0.15) is 23.1 Å². The van der Waals surface area contributed by atoms with Crippen molar-refractivity contribution in [3.8, 4) is 28.1 Å². The predicted octanol–water partition coefficient (Wildman–Crippen LogP) is 9.19. The lowest BCUT2D eigenvalue weighted by Crippen LogP contribution is -2.41. The highest BCUT2D eigenvalue weighted by Gasteiger charge is 2.46. The Morgan fingerprint density at radius 3 is 2.00 bits per heavy atom. The molecule has 8 nitrogen and oxygen atoms in total. The molecule has 2 atom stereocenters. The van der Waals surface area contributed by atoms with Crippen molar-refractivity contribution >= 4 is 17.7 Å². The van der Waals surface area contributed by atoms with Crippen molar-refractivity contribution in [3.63, 3.8) is 0 Å². The Morgan fingerprint density at radius 1 is 0.880 bits per heavy atom. The van der Waals surface area contributed by atoms with Crippen molar-refractivity contribution in [3.05, 3.63) is 90.5 Å². The fourth-order valence-electron chi connectivity index (χ4n) is 6.23. The minimum absolute atomic E-state index is 0.0505. The van der Waals surface area contributed by atoms with Crippen LogP contribution in [0.3, 0.4) is 0 Å². The Morgan fingerprint density at radius 2 is 1.46 bits per heavy atom. The number of hydrogen-bond donors (Lipinski definition) is 3. The number of hydrogen-bond acceptors (Lipinski definition) is 7. The molecule has 0 bridgehead atoms. The zero-order chi connectivity index (χ0) is 36.9. The second kappa shape index (κ2) is 18.4. The monoisotopic (exact) mass is 693 g/mol. The first-order valence-corrected chi connectivity index (χ1v) is 17.4. The molecule has 4 N–H and O–H groups in total. The minimum Gasteiger partial charge on any atom is -0.480 e. The quantitative estimate of drug-likeness (QED) is 0.176. The van der Waals surface area contributed by atoms with E-state index in [1.54, 1.807) is 42.5 Å². The number of carboxylic acids is 1. The Kier molecular flexibility index (Phi) is 14.6. The largest absolute Gasteiger partial charge is 0.480 e. The lowest BCUT2D eigenvalue weighted by atomic mass is 9.76. The van der Waals surface area contributed by atoms with E-state index in [1.807, 2.05) is 76.8 Å². The molecule has 3 heterocycles. The number of anilines is 2. The number of carboxylic acid groups (broad SMARTS) is 1. The first kappa shape index (κ1) is 39.8. The number of ether oxygens (including phenoxy) is 1. The van der Waals surface area contributed by atoms with Crippen molar-refractivity contribution in [2.24, 2.45) is 5.41 Å². The molecule has 2 fully saturated rings. The van der Waals surface area contributed by atoms with Gasteiger partial charge in [-0.15, -0.1) is 0 Å². The molecule has 3 aromatic carbocycles. The lowest BCUT2D eigenvalue weighted by molar-refractivity contribution is -0.198. The maximum Gasteiger partial charge on any atom is 0.429 e. The van der Waals surface area contributed by atoms with E-state index in [1.165, 1.54) is 12.1 Å². The smallest absolute Gasteiger partial charge is 0.429 e. The number of rotatable bonds is 7. The van der Waals surface area contributed by atoms with E-state index >= 15 is 0 Å². The highest BCUT2D eigenvalue weighted by Crippen LogP contribution is 2.44. The molecule has 2 aliphatic rings. The molecule has 6 rings (SSSR count). The normalized spacial score (nSPS) is 16.8. The van der Waals surface area contributed by atoms with Crippen molar-refractivity contribution in [1.82, 2.24) is 15.3 Å². The molecule has 0 aliphatic carbocycles. The van der Waals surface area contributed by atoms with Crippen LogP contribution < -0.4 is 20.7 Å². The Balaban J connectivity index is 0.00000107. The predicted molar refractivity (Wildman–Crippen MR) is 195 cm³/mol. The van der Waals surface area contributed by atoms with Gasteiger partial charge in [0.15, 0.2) is 0 Å². The second-order valence-electron chi connectivity index (χ2n) is 11.5. The lowest BCUT2D eigenvalue weighted by Gasteiger charge is -2.39. The van der Waals surface area contributed by atoms with Gasteiger partial charge in [0, 0.05) is 31.3 Å². The SMILES string of the molecule is CC.CC.CC.Nc1nc(O[C@H](c2cc(-c3ccccc3)ccc2-c2ccccc2)C(F)(F)F)cc(N2CCC3(CC2)CN[C@H](C(=O)O)C3)n1. The molecule has 0 amide bonds. The molecule has 0 unspecified atom stereocenters. The molecule has 1 aromatic heterocycles. The topological polar surface area (TPSA) is 114 Å². The van der Waals surface area contributed by atoms with Crippen LogP contribution >= 0.6 is 0 Å². The molecule has 0 radical (unpaired) electrons. The summed E-state index contributed by atoms with van der Waals surface area (Å²) in [6.45, 7) is 13.7. The molecule has 11 heteroatoms. The Labute approximate surface area is 293 Å². The molecular weight excluding hydrogens is 643 g/mol. The van der Waals surface area contributed by atoms with Gasteiger partial charge >= 0.3 is 12.1 Å². The van der Waals surface area contributed by atoms with Crippen molar-refractivity contribution in [1.29, 1.82) is 0 Å². The summed E-state index contributed by atoms with van der Waals surface area (Å²) in [6, 6.07) is 23.9. The molecule has 2 aliphatic heterocycles. The third kappa shape index (κ3) is 9.74. The molecule has 50 heavy (non-hydrogen) atoms. The van der Waals surface area contributed by atoms with Crippen LogP contribution in [0.5, 0.6) is 5.88 Å². The van der Waals surface area contributed by atoms with E-state index in [4.69, 9.17) is 10.5 Å². The summed E-state index contributed by atoms with van der Waals surface area (Å²) in [5, 5.41) is 12.5. The molecule has 1 spiro atoms. The minimum atomic E-state index is -4.79. The Bertz CT molecular complexity index is 1630. The molecule has 270 valence electrons. The van der Waals surface area contributed by atoms with Crippen LogP contribution in [0.2, 0.25) is 0 Å². The number of nitrogens with zero attached hydrogens (tertiary/aromatic N) is 3. The van der Waals surface area contributed by atoms with E-state index in [0.29, 0.717) is 61.4 Å². The number of nitrogens with two attached hydrogens (primary N) is 1. The summed E-state index contributed by atoms with van der Waals surface area (Å²) < 4.78 is 50.3. The van der Waals surface area contributed by atoms with E-state index < -0.39 is 24.3 Å². The maximum absolute atomic E-state index is 14.9. The zero-order valence-electron chi connectivity index (χ0n) is 29.8. The van der Waals surface area contributed by atoms with Crippen LogP contribution in [0, 0.1) is 5.41 Å². The van der Waals surface area contributed by atoms with E-state index in [-0.39, 0.29) is 22.8 Å². The summed E-state index contributed by atoms with van der Waals surface area (Å²) in [5.41, 5.74) is 8.21. The maximum atomic E-state index is 14.9. The van der Waals surface area contributed by atoms with E-state index in [2.05, 4.69) is 15.3 Å². The zero-order valence-corrected chi connectivity index (χ0v) is 29.8. The average molecular weight is 694 g/mol. The standard InChI is InChI=1S/C33H32F3N5O3.3C2H6/c34-33(35,36)29(25-17-23(21-7-3-1-4-8-21)11-12-24(25)22-9-5-2-6-10-22)44-28-18-27(39-31(37)40-28)41-15-13-32(14-16-41)19-26(30(42)43)38-20-32;3*1-2/h1-12,17-18,26,29,38H,13-16,19-20H2,(H,42,43)(H2,37,39,40);3*1-2H3/t26-,29+;;;/m0.../s1. The first-order chi connectivity index (χ1) is 24.1. The fraction of sp³-hybridized carbons (Fsp3) is 0.410. The van der Waals surface area contributed by atoms with Gasteiger partial charge < -0.3 is 25.8 Å². The molecule has 4 aromatic rings. The second-order valence-corrected chi connectivity index (χ2v) is 11.5. The summed E-state index contributed by atoms with van der Waals surface area (Å²) in [4.78, 5) is 21.7. The van der Waals surface area contributed by atoms with Gasteiger partial charge in [-0.05, 0) is 53.0 Å². The van der Waals surface area contributed by atoms with Crippen LogP contribution in [0.4, 0.5) is 24.9 Å². The van der Waals surface area contributed by atoms with Crippen LogP contribution in [-0.4, -0.2) is 52.9 Å². The highest BCUT2D eigenvalue weighted by atomic mass is 19.4. The number of carbonyl (C=O) groups is 1. The van der Waals surface area contributed by atoms with Crippen molar-refractivity contribution in [2.45, 2.75) is 79.1 Å². The van der Waals surface area contributed by atoms with Gasteiger partial charge in [-0.3, -0.25) is 4.79 Å². The number of nitrogen functional groups attached to an aromatic ring is 1. The number of piperidine rings is 1. The van der Waals surface area contributed by atoms with Gasteiger partial charge in [0.25, 0.3) is 0 Å². The first-order valence-electron chi connectivity index (χ1n) is 17.4.